The number of rotatable bonds is 10. The van der Waals surface area contributed by atoms with Gasteiger partial charge in [0.25, 0.3) is 0 Å². The van der Waals surface area contributed by atoms with E-state index in [0.29, 0.717) is 6.61 Å². The van der Waals surface area contributed by atoms with Crippen LogP contribution in [0.2, 0.25) is 0 Å². The van der Waals surface area contributed by atoms with Crippen molar-refractivity contribution in [2.75, 3.05) is 45.9 Å². The van der Waals surface area contributed by atoms with Crippen LogP contribution in [0.4, 0.5) is 4.79 Å². The molecule has 168 valence electrons. The van der Waals surface area contributed by atoms with E-state index in [9.17, 15) is 4.79 Å². The summed E-state index contributed by atoms with van der Waals surface area (Å²) in [6, 6.07) is 8.85. The summed E-state index contributed by atoms with van der Waals surface area (Å²) in [4.78, 5) is 16.0. The van der Waals surface area contributed by atoms with Crippen LogP contribution in [0.15, 0.2) is 24.3 Å². The van der Waals surface area contributed by atoms with Crippen molar-refractivity contribution in [3.05, 3.63) is 29.8 Å². The minimum absolute atomic E-state index is 0.166. The Morgan fingerprint density at radius 3 is 2.33 bits per heavy atom. The molecule has 0 spiro atoms. The highest BCUT2D eigenvalue weighted by Crippen LogP contribution is 2.33. The SMILES string of the molecule is CCOC(=O)N1CCN(CCCCCCOc2ccc(C3CCCCC3)cc2)CC1. The lowest BCUT2D eigenvalue weighted by Crippen LogP contribution is -2.49. The van der Waals surface area contributed by atoms with Gasteiger partial charge in [0.2, 0.25) is 0 Å². The van der Waals surface area contributed by atoms with E-state index >= 15 is 0 Å². The largest absolute Gasteiger partial charge is 0.494 e. The molecule has 1 heterocycles. The van der Waals surface area contributed by atoms with Crippen LogP contribution in [0.3, 0.4) is 0 Å². The first-order chi connectivity index (χ1) is 14.8. The van der Waals surface area contributed by atoms with Crippen molar-refractivity contribution >= 4 is 6.09 Å². The molecule has 1 aliphatic heterocycles. The molecule has 1 aromatic carbocycles. The van der Waals surface area contributed by atoms with Crippen molar-refractivity contribution in [1.82, 2.24) is 9.80 Å². The quantitative estimate of drug-likeness (QED) is 0.476. The molecule has 5 heteroatoms. The monoisotopic (exact) mass is 416 g/mol. The molecule has 2 fully saturated rings. The minimum atomic E-state index is -0.166. The third-order valence-electron chi connectivity index (χ3n) is 6.49. The van der Waals surface area contributed by atoms with Gasteiger partial charge < -0.3 is 14.4 Å². The molecule has 2 aliphatic rings. The second kappa shape index (κ2) is 12.8. The van der Waals surface area contributed by atoms with Gasteiger partial charge in [-0.3, -0.25) is 4.90 Å². The van der Waals surface area contributed by atoms with Gasteiger partial charge >= 0.3 is 6.09 Å². The summed E-state index contributed by atoms with van der Waals surface area (Å²) < 4.78 is 11.0. The van der Waals surface area contributed by atoms with Crippen molar-refractivity contribution in [2.45, 2.75) is 70.6 Å². The number of unbranched alkanes of at least 4 members (excludes halogenated alkanes) is 3. The van der Waals surface area contributed by atoms with E-state index in [1.165, 1.54) is 56.9 Å². The highest BCUT2D eigenvalue weighted by molar-refractivity contribution is 5.67. The van der Waals surface area contributed by atoms with Crippen molar-refractivity contribution in [2.24, 2.45) is 0 Å². The van der Waals surface area contributed by atoms with E-state index < -0.39 is 0 Å². The van der Waals surface area contributed by atoms with Gasteiger partial charge in [-0.2, -0.15) is 0 Å². The van der Waals surface area contributed by atoms with E-state index in [2.05, 4.69) is 29.2 Å². The van der Waals surface area contributed by atoms with Gasteiger partial charge in [-0.15, -0.1) is 0 Å². The zero-order chi connectivity index (χ0) is 21.0. The molecule has 0 unspecified atom stereocenters. The fraction of sp³-hybridized carbons (Fsp3) is 0.720. The summed E-state index contributed by atoms with van der Waals surface area (Å²) in [6.07, 6.45) is 11.5. The Bertz CT molecular complexity index is 605. The lowest BCUT2D eigenvalue weighted by molar-refractivity contribution is 0.0792. The highest BCUT2D eigenvalue weighted by atomic mass is 16.6. The van der Waals surface area contributed by atoms with Gasteiger partial charge in [0.05, 0.1) is 13.2 Å². The predicted octanol–water partition coefficient (Wildman–Crippen LogP) is 5.45. The van der Waals surface area contributed by atoms with E-state index in [1.807, 2.05) is 11.8 Å². The molecule has 1 saturated heterocycles. The molecule has 1 amide bonds. The third kappa shape index (κ3) is 7.50. The molecule has 0 aromatic heterocycles. The Balaban J connectivity index is 1.20. The minimum Gasteiger partial charge on any atom is -0.494 e. The lowest BCUT2D eigenvalue weighted by atomic mass is 9.84. The number of carbonyl (C=O) groups excluding carboxylic acids is 1. The fourth-order valence-electron chi connectivity index (χ4n) is 4.62. The second-order valence-corrected chi connectivity index (χ2v) is 8.69. The van der Waals surface area contributed by atoms with Gasteiger partial charge in [-0.25, -0.2) is 4.79 Å². The first-order valence-electron chi connectivity index (χ1n) is 12.1. The van der Waals surface area contributed by atoms with Crippen LogP contribution in [-0.2, 0) is 4.74 Å². The van der Waals surface area contributed by atoms with Crippen LogP contribution in [-0.4, -0.2) is 61.8 Å². The van der Waals surface area contributed by atoms with Crippen LogP contribution in [0.5, 0.6) is 5.75 Å². The smallest absolute Gasteiger partial charge is 0.409 e. The predicted molar refractivity (Wildman–Crippen MR) is 121 cm³/mol. The van der Waals surface area contributed by atoms with E-state index in [-0.39, 0.29) is 6.09 Å². The number of amides is 1. The van der Waals surface area contributed by atoms with Gasteiger partial charge in [0.1, 0.15) is 5.75 Å². The maximum Gasteiger partial charge on any atom is 0.409 e. The molecule has 1 aromatic rings. The Hall–Kier alpha value is -1.75. The van der Waals surface area contributed by atoms with Gasteiger partial charge in [0.15, 0.2) is 0 Å². The molecule has 30 heavy (non-hydrogen) atoms. The maximum atomic E-state index is 11.7. The van der Waals surface area contributed by atoms with Crippen molar-refractivity contribution in [3.8, 4) is 5.75 Å². The van der Waals surface area contributed by atoms with Crippen LogP contribution in [0.25, 0.3) is 0 Å². The first kappa shape index (κ1) is 22.9. The third-order valence-corrected chi connectivity index (χ3v) is 6.49. The molecule has 1 saturated carbocycles. The number of hydrogen-bond donors (Lipinski definition) is 0. The van der Waals surface area contributed by atoms with Crippen molar-refractivity contribution < 1.29 is 14.3 Å². The number of benzene rings is 1. The molecule has 0 N–H and O–H groups in total. The summed E-state index contributed by atoms with van der Waals surface area (Å²) in [5.74, 6) is 1.77. The standard InChI is InChI=1S/C25H40N2O3/c1-2-29-25(28)27-19-17-26(18-20-27)16-8-3-4-9-21-30-24-14-12-23(13-15-24)22-10-6-5-7-11-22/h12-15,22H,2-11,16-21H2,1H3. The summed E-state index contributed by atoms with van der Waals surface area (Å²) in [5, 5.41) is 0. The van der Waals surface area contributed by atoms with Gasteiger partial charge in [-0.05, 0) is 62.8 Å². The van der Waals surface area contributed by atoms with Crippen molar-refractivity contribution in [3.63, 3.8) is 0 Å². The van der Waals surface area contributed by atoms with Crippen LogP contribution < -0.4 is 4.74 Å². The summed E-state index contributed by atoms with van der Waals surface area (Å²) in [5.41, 5.74) is 1.49. The molecule has 0 radical (unpaired) electrons. The van der Waals surface area contributed by atoms with E-state index in [0.717, 1.165) is 57.4 Å². The highest BCUT2D eigenvalue weighted by Gasteiger charge is 2.21. The number of carbonyl (C=O) groups is 1. The molecular weight excluding hydrogens is 376 g/mol. The van der Waals surface area contributed by atoms with Gasteiger partial charge in [-0.1, -0.05) is 44.2 Å². The average Bonchev–Trinajstić information content (AvgIpc) is 2.80. The zero-order valence-electron chi connectivity index (χ0n) is 18.8. The second-order valence-electron chi connectivity index (χ2n) is 8.69. The fourth-order valence-corrected chi connectivity index (χ4v) is 4.62. The Morgan fingerprint density at radius 1 is 0.933 bits per heavy atom. The van der Waals surface area contributed by atoms with Crippen LogP contribution >= 0.6 is 0 Å². The Kier molecular flexibility index (Phi) is 9.81. The summed E-state index contributed by atoms with van der Waals surface area (Å²) >= 11 is 0. The molecule has 0 bridgehead atoms. The maximum absolute atomic E-state index is 11.7. The number of piperazine rings is 1. The van der Waals surface area contributed by atoms with Crippen LogP contribution in [0.1, 0.15) is 76.2 Å². The van der Waals surface area contributed by atoms with Gasteiger partial charge in [0, 0.05) is 26.2 Å². The molecule has 3 rings (SSSR count). The Labute approximate surface area is 182 Å². The number of hydrogen-bond acceptors (Lipinski definition) is 4. The molecule has 5 nitrogen and oxygen atoms in total. The molecular formula is C25H40N2O3. The normalized spacial score (nSPS) is 18.4. The lowest BCUT2D eigenvalue weighted by Gasteiger charge is -2.34. The van der Waals surface area contributed by atoms with Crippen LogP contribution in [0, 0.1) is 0 Å². The van der Waals surface area contributed by atoms with E-state index in [1.54, 1.807) is 0 Å². The topological polar surface area (TPSA) is 42.0 Å². The summed E-state index contributed by atoms with van der Waals surface area (Å²) in [6.45, 7) is 7.72. The zero-order valence-corrected chi connectivity index (χ0v) is 18.8. The molecule has 0 atom stereocenters. The van der Waals surface area contributed by atoms with Crippen molar-refractivity contribution in [1.29, 1.82) is 0 Å². The summed E-state index contributed by atoms with van der Waals surface area (Å²) in [7, 11) is 0. The first-order valence-corrected chi connectivity index (χ1v) is 12.1. The average molecular weight is 417 g/mol. The Morgan fingerprint density at radius 2 is 1.63 bits per heavy atom. The number of ether oxygens (including phenoxy) is 2. The van der Waals surface area contributed by atoms with E-state index in [4.69, 9.17) is 9.47 Å². The molecule has 1 aliphatic carbocycles. The number of nitrogens with zero attached hydrogens (tertiary/aromatic N) is 2.